The Morgan fingerprint density at radius 2 is 2.12 bits per heavy atom. The van der Waals surface area contributed by atoms with Crippen LogP contribution >= 0.6 is 0 Å². The summed E-state index contributed by atoms with van der Waals surface area (Å²) in [5, 5.41) is 3.94. The Morgan fingerprint density at radius 1 is 1.31 bits per heavy atom. The first-order valence-corrected chi connectivity index (χ1v) is 9.44. The highest BCUT2D eigenvalue weighted by Crippen LogP contribution is 2.29. The quantitative estimate of drug-likeness (QED) is 0.864. The van der Waals surface area contributed by atoms with Crippen LogP contribution in [0.4, 0.5) is 4.39 Å². The molecule has 1 aliphatic heterocycles. The topological polar surface area (TPSA) is 65.2 Å². The number of H-pyrrole nitrogens is 1. The molecule has 2 aliphatic rings. The fourth-order valence-corrected chi connectivity index (χ4v) is 4.31. The first kappa shape index (κ1) is 17.1. The van der Waals surface area contributed by atoms with E-state index in [2.05, 4.69) is 10.3 Å². The Kier molecular flexibility index (Phi) is 4.66. The van der Waals surface area contributed by atoms with E-state index in [0.29, 0.717) is 32.0 Å². The van der Waals surface area contributed by atoms with Gasteiger partial charge in [-0.25, -0.2) is 4.39 Å². The number of aromatic nitrogens is 1. The minimum absolute atomic E-state index is 0.0373. The number of carbonyl (C=O) groups excluding carboxylic acids is 2. The molecule has 26 heavy (non-hydrogen) atoms. The van der Waals surface area contributed by atoms with Gasteiger partial charge in [-0.2, -0.15) is 0 Å². The summed E-state index contributed by atoms with van der Waals surface area (Å²) in [4.78, 5) is 29.6. The van der Waals surface area contributed by atoms with Crippen LogP contribution in [0.15, 0.2) is 24.4 Å². The molecule has 0 radical (unpaired) electrons. The Labute approximate surface area is 151 Å². The summed E-state index contributed by atoms with van der Waals surface area (Å²) in [6.07, 6.45) is 7.36. The molecular formula is C20H24FN3O2. The molecule has 2 heterocycles. The van der Waals surface area contributed by atoms with Gasteiger partial charge in [-0.1, -0.05) is 12.8 Å². The number of likely N-dealkylation sites (tertiary alicyclic amines) is 1. The van der Waals surface area contributed by atoms with E-state index in [1.54, 1.807) is 6.07 Å². The maximum Gasteiger partial charge on any atom is 0.225 e. The summed E-state index contributed by atoms with van der Waals surface area (Å²) in [5.74, 6) is -0.419. The lowest BCUT2D eigenvalue weighted by Gasteiger charge is -2.23. The van der Waals surface area contributed by atoms with Gasteiger partial charge in [0.25, 0.3) is 0 Å². The zero-order valence-electron chi connectivity index (χ0n) is 14.8. The number of amides is 2. The fraction of sp³-hybridized carbons (Fsp3) is 0.500. The number of fused-ring (bicyclic) bond motifs is 1. The molecule has 5 nitrogen and oxygen atoms in total. The van der Waals surface area contributed by atoms with Gasteiger partial charge in [0.2, 0.25) is 11.8 Å². The third kappa shape index (κ3) is 3.32. The molecule has 6 heteroatoms. The van der Waals surface area contributed by atoms with Gasteiger partial charge in [0, 0.05) is 42.7 Å². The monoisotopic (exact) mass is 357 g/mol. The molecule has 1 aliphatic carbocycles. The van der Waals surface area contributed by atoms with Crippen molar-refractivity contribution in [2.45, 2.75) is 44.6 Å². The summed E-state index contributed by atoms with van der Waals surface area (Å²) < 4.78 is 13.2. The smallest absolute Gasteiger partial charge is 0.225 e. The second-order valence-electron chi connectivity index (χ2n) is 7.43. The van der Waals surface area contributed by atoms with Crippen molar-refractivity contribution in [3.63, 3.8) is 0 Å². The second-order valence-corrected chi connectivity index (χ2v) is 7.43. The minimum atomic E-state index is -0.267. The standard InChI is InChI=1S/C20H24FN3O2/c21-15-5-6-17-13(11-23-18(17)10-15)7-8-22-20(26)14-9-19(25)24(12-14)16-3-1-2-4-16/h5-6,10-11,14,16,23H,1-4,7-9,12H2,(H,22,26)/t14-/m0/s1. The highest BCUT2D eigenvalue weighted by atomic mass is 19.1. The van der Waals surface area contributed by atoms with Crippen molar-refractivity contribution in [1.82, 2.24) is 15.2 Å². The molecule has 0 spiro atoms. The van der Waals surface area contributed by atoms with E-state index in [0.717, 1.165) is 29.3 Å². The van der Waals surface area contributed by atoms with Gasteiger partial charge in [-0.05, 0) is 43.0 Å². The molecule has 0 bridgehead atoms. The number of rotatable bonds is 5. The number of hydrogen-bond acceptors (Lipinski definition) is 2. The van der Waals surface area contributed by atoms with E-state index in [-0.39, 0.29) is 23.5 Å². The number of benzene rings is 1. The van der Waals surface area contributed by atoms with Gasteiger partial charge in [-0.15, -0.1) is 0 Å². The molecule has 2 N–H and O–H groups in total. The number of carbonyl (C=O) groups is 2. The SMILES string of the molecule is O=C(NCCc1c[nH]c2cc(F)ccc12)[C@H]1CC(=O)N(C2CCCC2)C1. The summed E-state index contributed by atoms with van der Waals surface area (Å²) in [7, 11) is 0. The molecule has 2 fully saturated rings. The van der Waals surface area contributed by atoms with Crippen molar-refractivity contribution in [1.29, 1.82) is 0 Å². The first-order chi connectivity index (χ1) is 12.6. The molecule has 1 aromatic carbocycles. The van der Waals surface area contributed by atoms with Crippen LogP contribution in [0, 0.1) is 11.7 Å². The number of hydrogen-bond donors (Lipinski definition) is 2. The van der Waals surface area contributed by atoms with Crippen LogP contribution < -0.4 is 5.32 Å². The number of halogens is 1. The molecular weight excluding hydrogens is 333 g/mol. The summed E-state index contributed by atoms with van der Waals surface area (Å²) in [5.41, 5.74) is 1.82. The predicted molar refractivity (Wildman–Crippen MR) is 97.0 cm³/mol. The van der Waals surface area contributed by atoms with Gasteiger partial charge < -0.3 is 15.2 Å². The molecule has 4 rings (SSSR count). The van der Waals surface area contributed by atoms with Crippen molar-refractivity contribution in [3.8, 4) is 0 Å². The average Bonchev–Trinajstić information content (AvgIpc) is 3.34. The van der Waals surface area contributed by atoms with Crippen molar-refractivity contribution >= 4 is 22.7 Å². The molecule has 0 unspecified atom stereocenters. The lowest BCUT2D eigenvalue weighted by molar-refractivity contribution is -0.130. The van der Waals surface area contributed by atoms with Crippen molar-refractivity contribution in [2.24, 2.45) is 5.92 Å². The number of nitrogens with one attached hydrogen (secondary N) is 2. The fourth-order valence-electron chi connectivity index (χ4n) is 4.31. The largest absolute Gasteiger partial charge is 0.361 e. The highest BCUT2D eigenvalue weighted by Gasteiger charge is 2.38. The molecule has 138 valence electrons. The zero-order valence-corrected chi connectivity index (χ0v) is 14.8. The average molecular weight is 357 g/mol. The van der Waals surface area contributed by atoms with Crippen LogP contribution in [-0.2, 0) is 16.0 Å². The molecule has 1 atom stereocenters. The molecule has 1 aromatic heterocycles. The van der Waals surface area contributed by atoms with Gasteiger partial charge in [-0.3, -0.25) is 9.59 Å². The third-order valence-electron chi connectivity index (χ3n) is 5.72. The zero-order chi connectivity index (χ0) is 18.1. The van der Waals surface area contributed by atoms with Crippen LogP contribution in [0.1, 0.15) is 37.7 Å². The Balaban J connectivity index is 1.30. The highest BCUT2D eigenvalue weighted by molar-refractivity contribution is 5.89. The Hall–Kier alpha value is -2.37. The number of nitrogens with zero attached hydrogens (tertiary/aromatic N) is 1. The molecule has 1 saturated heterocycles. The lowest BCUT2D eigenvalue weighted by Crippen LogP contribution is -2.37. The normalized spacial score (nSPS) is 21.0. The Morgan fingerprint density at radius 3 is 2.92 bits per heavy atom. The third-order valence-corrected chi connectivity index (χ3v) is 5.72. The molecule has 2 aromatic rings. The van der Waals surface area contributed by atoms with E-state index in [1.165, 1.54) is 25.0 Å². The van der Waals surface area contributed by atoms with Gasteiger partial charge in [0.05, 0.1) is 5.92 Å². The van der Waals surface area contributed by atoms with Crippen LogP contribution in [0.5, 0.6) is 0 Å². The molecule has 1 saturated carbocycles. The minimum Gasteiger partial charge on any atom is -0.361 e. The van der Waals surface area contributed by atoms with Crippen molar-refractivity contribution < 1.29 is 14.0 Å². The van der Waals surface area contributed by atoms with Crippen LogP contribution in [0.3, 0.4) is 0 Å². The summed E-state index contributed by atoms with van der Waals surface area (Å²) in [6.45, 7) is 1.07. The van der Waals surface area contributed by atoms with Gasteiger partial charge in [0.15, 0.2) is 0 Å². The van der Waals surface area contributed by atoms with E-state index in [4.69, 9.17) is 0 Å². The maximum absolute atomic E-state index is 13.2. The maximum atomic E-state index is 13.2. The number of aromatic amines is 1. The van der Waals surface area contributed by atoms with Crippen LogP contribution in [0.2, 0.25) is 0 Å². The van der Waals surface area contributed by atoms with Crippen LogP contribution in [0.25, 0.3) is 10.9 Å². The van der Waals surface area contributed by atoms with E-state index >= 15 is 0 Å². The Bertz CT molecular complexity index is 826. The van der Waals surface area contributed by atoms with Gasteiger partial charge >= 0.3 is 0 Å². The van der Waals surface area contributed by atoms with E-state index < -0.39 is 0 Å². The summed E-state index contributed by atoms with van der Waals surface area (Å²) in [6, 6.07) is 5.01. The second kappa shape index (κ2) is 7.09. The van der Waals surface area contributed by atoms with Crippen molar-refractivity contribution in [2.75, 3.05) is 13.1 Å². The summed E-state index contributed by atoms with van der Waals surface area (Å²) >= 11 is 0. The molecule has 2 amide bonds. The van der Waals surface area contributed by atoms with E-state index in [1.807, 2.05) is 11.1 Å². The predicted octanol–water partition coefficient (Wildman–Crippen LogP) is 2.76. The van der Waals surface area contributed by atoms with Crippen LogP contribution in [-0.4, -0.2) is 40.8 Å². The van der Waals surface area contributed by atoms with Gasteiger partial charge in [0.1, 0.15) is 5.82 Å². The van der Waals surface area contributed by atoms with E-state index in [9.17, 15) is 14.0 Å². The first-order valence-electron chi connectivity index (χ1n) is 9.44. The van der Waals surface area contributed by atoms with Crippen molar-refractivity contribution in [3.05, 3.63) is 35.8 Å². The lowest BCUT2D eigenvalue weighted by atomic mass is 10.1.